The summed E-state index contributed by atoms with van der Waals surface area (Å²) in [5, 5.41) is 0.813. The number of nitrogens with zero attached hydrogens (tertiary/aromatic N) is 1. The summed E-state index contributed by atoms with van der Waals surface area (Å²) in [4.78, 5) is 26.8. The highest BCUT2D eigenvalue weighted by Gasteiger charge is 2.40. The standard InChI is InChI=1S/C18H19Cl2NO4/c1-9-14(17(22)24-4)16(12-7-6-11(19)8-13(12)20)15(18(23)25-5)10(2)21(9)3/h6-8,16H,1-5H3. The molecule has 1 heterocycles. The molecule has 0 unspecified atom stereocenters. The molecule has 7 heteroatoms. The predicted molar refractivity (Wildman–Crippen MR) is 96.4 cm³/mol. The Morgan fingerprint density at radius 3 is 1.88 bits per heavy atom. The topological polar surface area (TPSA) is 55.8 Å². The molecular weight excluding hydrogens is 365 g/mol. The minimum atomic E-state index is -0.708. The number of hydrogen-bond acceptors (Lipinski definition) is 5. The van der Waals surface area contributed by atoms with Crippen molar-refractivity contribution in [1.82, 2.24) is 4.90 Å². The van der Waals surface area contributed by atoms with Gasteiger partial charge in [-0.05, 0) is 31.5 Å². The summed E-state index contributed by atoms with van der Waals surface area (Å²) in [7, 11) is 4.37. The molecule has 0 bridgehead atoms. The maximum absolute atomic E-state index is 12.5. The molecule has 25 heavy (non-hydrogen) atoms. The number of rotatable bonds is 3. The van der Waals surface area contributed by atoms with Gasteiger partial charge in [-0.15, -0.1) is 0 Å². The van der Waals surface area contributed by atoms with Gasteiger partial charge in [-0.3, -0.25) is 0 Å². The Hall–Kier alpha value is -1.98. The van der Waals surface area contributed by atoms with Crippen molar-refractivity contribution in [3.8, 4) is 0 Å². The van der Waals surface area contributed by atoms with Crippen LogP contribution in [0.2, 0.25) is 10.0 Å². The van der Waals surface area contributed by atoms with Gasteiger partial charge in [0.2, 0.25) is 0 Å². The summed E-state index contributed by atoms with van der Waals surface area (Å²) < 4.78 is 9.91. The lowest BCUT2D eigenvalue weighted by Crippen LogP contribution is -2.33. The van der Waals surface area contributed by atoms with Gasteiger partial charge in [-0.25, -0.2) is 9.59 Å². The summed E-state index contributed by atoms with van der Waals surface area (Å²) in [5.41, 5.74) is 2.60. The Labute approximate surface area is 156 Å². The average molecular weight is 384 g/mol. The van der Waals surface area contributed by atoms with E-state index < -0.39 is 17.9 Å². The molecule has 0 N–H and O–H groups in total. The number of benzene rings is 1. The lowest BCUT2D eigenvalue weighted by Gasteiger charge is -2.35. The lowest BCUT2D eigenvalue weighted by molar-refractivity contribution is -0.137. The Morgan fingerprint density at radius 2 is 1.48 bits per heavy atom. The van der Waals surface area contributed by atoms with Crippen LogP contribution in [-0.4, -0.2) is 38.1 Å². The van der Waals surface area contributed by atoms with Crippen LogP contribution in [0.1, 0.15) is 25.3 Å². The van der Waals surface area contributed by atoms with Gasteiger partial charge in [0, 0.05) is 28.5 Å². The number of hydrogen-bond donors (Lipinski definition) is 0. The quantitative estimate of drug-likeness (QED) is 0.740. The van der Waals surface area contributed by atoms with Crippen molar-refractivity contribution in [2.75, 3.05) is 21.3 Å². The summed E-state index contributed by atoms with van der Waals surface area (Å²) in [5.74, 6) is -1.77. The zero-order valence-electron chi connectivity index (χ0n) is 14.6. The highest BCUT2D eigenvalue weighted by Crippen LogP contribution is 2.44. The molecule has 1 aromatic rings. The largest absolute Gasteiger partial charge is 0.466 e. The third-order valence-electron chi connectivity index (χ3n) is 4.45. The molecule has 5 nitrogen and oxygen atoms in total. The first-order valence-corrected chi connectivity index (χ1v) is 8.27. The first-order chi connectivity index (χ1) is 11.7. The maximum Gasteiger partial charge on any atom is 0.336 e. The molecule has 0 radical (unpaired) electrons. The van der Waals surface area contributed by atoms with Gasteiger partial charge < -0.3 is 14.4 Å². The van der Waals surface area contributed by atoms with Crippen LogP contribution < -0.4 is 0 Å². The van der Waals surface area contributed by atoms with Crippen molar-refractivity contribution in [2.45, 2.75) is 19.8 Å². The van der Waals surface area contributed by atoms with Crippen molar-refractivity contribution < 1.29 is 19.1 Å². The molecule has 0 aromatic heterocycles. The fraction of sp³-hybridized carbons (Fsp3) is 0.333. The zero-order chi connectivity index (χ0) is 18.9. The molecule has 2 rings (SSSR count). The van der Waals surface area contributed by atoms with Gasteiger partial charge in [-0.1, -0.05) is 29.3 Å². The second kappa shape index (κ2) is 7.50. The van der Waals surface area contributed by atoms with Crippen LogP contribution in [0, 0.1) is 0 Å². The van der Waals surface area contributed by atoms with E-state index in [1.807, 2.05) is 0 Å². The van der Waals surface area contributed by atoms with Crippen LogP contribution in [0.5, 0.6) is 0 Å². The Morgan fingerprint density at radius 1 is 1.00 bits per heavy atom. The summed E-state index contributed by atoms with van der Waals surface area (Å²) >= 11 is 12.4. The molecule has 0 atom stereocenters. The fourth-order valence-electron chi connectivity index (χ4n) is 2.97. The monoisotopic (exact) mass is 383 g/mol. The van der Waals surface area contributed by atoms with E-state index in [0.29, 0.717) is 38.1 Å². The van der Waals surface area contributed by atoms with Crippen molar-refractivity contribution in [3.63, 3.8) is 0 Å². The van der Waals surface area contributed by atoms with Crippen molar-refractivity contribution in [3.05, 3.63) is 56.3 Å². The lowest BCUT2D eigenvalue weighted by atomic mass is 9.80. The summed E-state index contributed by atoms with van der Waals surface area (Å²) in [6, 6.07) is 4.94. The number of esters is 2. The zero-order valence-corrected chi connectivity index (χ0v) is 16.2. The van der Waals surface area contributed by atoms with Crippen molar-refractivity contribution in [2.24, 2.45) is 0 Å². The van der Waals surface area contributed by atoms with Crippen LogP contribution >= 0.6 is 23.2 Å². The average Bonchev–Trinajstić information content (AvgIpc) is 2.58. The fourth-order valence-corrected chi connectivity index (χ4v) is 3.49. The van der Waals surface area contributed by atoms with Crippen LogP contribution in [0.15, 0.2) is 40.7 Å². The number of ether oxygens (including phenoxy) is 2. The van der Waals surface area contributed by atoms with Crippen LogP contribution in [0.4, 0.5) is 0 Å². The number of halogens is 2. The van der Waals surface area contributed by atoms with E-state index in [4.69, 9.17) is 32.7 Å². The van der Waals surface area contributed by atoms with E-state index in [-0.39, 0.29) is 0 Å². The van der Waals surface area contributed by atoms with Crippen molar-refractivity contribution in [1.29, 1.82) is 0 Å². The molecule has 0 fully saturated rings. The van der Waals surface area contributed by atoms with Gasteiger partial charge in [-0.2, -0.15) is 0 Å². The molecular formula is C18H19Cl2NO4. The highest BCUT2D eigenvalue weighted by molar-refractivity contribution is 6.35. The highest BCUT2D eigenvalue weighted by atomic mass is 35.5. The molecule has 0 saturated heterocycles. The number of allylic oxidation sites excluding steroid dienone is 2. The van der Waals surface area contributed by atoms with Crippen LogP contribution in [0.3, 0.4) is 0 Å². The molecule has 0 spiro atoms. The van der Waals surface area contributed by atoms with Gasteiger partial charge in [0.1, 0.15) is 0 Å². The minimum Gasteiger partial charge on any atom is -0.466 e. The van der Waals surface area contributed by atoms with E-state index in [1.54, 1.807) is 44.0 Å². The van der Waals surface area contributed by atoms with Gasteiger partial charge in [0.05, 0.1) is 31.3 Å². The van der Waals surface area contributed by atoms with Crippen molar-refractivity contribution >= 4 is 35.1 Å². The molecule has 1 aliphatic heterocycles. The van der Waals surface area contributed by atoms with E-state index in [2.05, 4.69) is 0 Å². The smallest absolute Gasteiger partial charge is 0.336 e. The SMILES string of the molecule is COC(=O)C1=C(C)N(C)C(C)=C(C(=O)OC)C1c1ccc(Cl)cc1Cl. The van der Waals surface area contributed by atoms with Gasteiger partial charge >= 0.3 is 11.9 Å². The molecule has 1 aliphatic rings. The van der Waals surface area contributed by atoms with Gasteiger partial charge in [0.15, 0.2) is 0 Å². The Kier molecular flexibility index (Phi) is 5.80. The summed E-state index contributed by atoms with van der Waals surface area (Å²) in [6.45, 7) is 3.58. The van der Waals surface area contributed by atoms with Gasteiger partial charge in [0.25, 0.3) is 0 Å². The van der Waals surface area contributed by atoms with E-state index in [0.717, 1.165) is 0 Å². The van der Waals surface area contributed by atoms with E-state index in [9.17, 15) is 9.59 Å². The molecule has 0 amide bonds. The molecule has 0 saturated carbocycles. The number of methoxy groups -OCH3 is 2. The first-order valence-electron chi connectivity index (χ1n) is 7.51. The second-order valence-electron chi connectivity index (χ2n) is 5.64. The predicted octanol–water partition coefficient (Wildman–Crippen LogP) is 3.92. The first kappa shape index (κ1) is 19.3. The maximum atomic E-state index is 12.5. The number of carbonyl (C=O) groups excluding carboxylic acids is 2. The second-order valence-corrected chi connectivity index (χ2v) is 6.48. The molecule has 134 valence electrons. The normalized spacial score (nSPS) is 15.6. The summed E-state index contributed by atoms with van der Waals surface area (Å²) in [6.07, 6.45) is 0. The van der Waals surface area contributed by atoms with E-state index in [1.165, 1.54) is 14.2 Å². The number of carbonyl (C=O) groups is 2. The van der Waals surface area contributed by atoms with E-state index >= 15 is 0 Å². The Balaban J connectivity index is 2.81. The minimum absolute atomic E-state index is 0.334. The van der Waals surface area contributed by atoms with Crippen LogP contribution in [0.25, 0.3) is 0 Å². The third kappa shape index (κ3) is 3.39. The molecule has 0 aliphatic carbocycles. The Bertz CT molecular complexity index is 758. The third-order valence-corrected chi connectivity index (χ3v) is 5.01. The van der Waals surface area contributed by atoms with Crippen LogP contribution in [-0.2, 0) is 19.1 Å². The molecule has 1 aromatic carbocycles.